The molecule has 4 nitrogen and oxygen atoms in total. The first kappa shape index (κ1) is 14.1. The predicted molar refractivity (Wildman–Crippen MR) is 84.5 cm³/mol. The number of ether oxygens (including phenoxy) is 1. The zero-order chi connectivity index (χ0) is 15.0. The van der Waals surface area contributed by atoms with Gasteiger partial charge in [0.1, 0.15) is 11.6 Å². The second-order valence-electron chi connectivity index (χ2n) is 6.06. The van der Waals surface area contributed by atoms with Crippen molar-refractivity contribution in [1.29, 1.82) is 0 Å². The van der Waals surface area contributed by atoms with E-state index < -0.39 is 0 Å². The minimum atomic E-state index is 0.194. The SMILES string of the molecule is Cc1c(-c2ccc(OC(C)C)cc2)nc2n1CC(N)CC2. The lowest BCUT2D eigenvalue weighted by molar-refractivity contribution is 0.242. The first-order valence-corrected chi connectivity index (χ1v) is 7.63. The van der Waals surface area contributed by atoms with E-state index in [2.05, 4.69) is 23.6 Å². The van der Waals surface area contributed by atoms with Crippen molar-refractivity contribution < 1.29 is 4.74 Å². The summed E-state index contributed by atoms with van der Waals surface area (Å²) >= 11 is 0. The monoisotopic (exact) mass is 285 g/mol. The normalized spacial score (nSPS) is 17.9. The van der Waals surface area contributed by atoms with Crippen molar-refractivity contribution in [2.75, 3.05) is 0 Å². The van der Waals surface area contributed by atoms with E-state index in [0.29, 0.717) is 0 Å². The Bertz CT molecular complexity index is 628. The minimum Gasteiger partial charge on any atom is -0.491 e. The van der Waals surface area contributed by atoms with Gasteiger partial charge in [-0.3, -0.25) is 0 Å². The van der Waals surface area contributed by atoms with E-state index in [9.17, 15) is 0 Å². The molecule has 1 unspecified atom stereocenters. The van der Waals surface area contributed by atoms with Crippen molar-refractivity contribution in [3.05, 3.63) is 35.8 Å². The number of benzene rings is 1. The number of nitrogens with zero attached hydrogens (tertiary/aromatic N) is 2. The lowest BCUT2D eigenvalue weighted by Gasteiger charge is -2.21. The smallest absolute Gasteiger partial charge is 0.119 e. The van der Waals surface area contributed by atoms with Crippen LogP contribution in [0.4, 0.5) is 0 Å². The lowest BCUT2D eigenvalue weighted by atomic mass is 10.1. The molecule has 0 bridgehead atoms. The second kappa shape index (κ2) is 5.53. The fraction of sp³-hybridized carbons (Fsp3) is 0.471. The van der Waals surface area contributed by atoms with E-state index in [0.717, 1.165) is 42.2 Å². The first-order valence-electron chi connectivity index (χ1n) is 7.63. The highest BCUT2D eigenvalue weighted by Crippen LogP contribution is 2.28. The molecule has 1 atom stereocenters. The van der Waals surface area contributed by atoms with Crippen LogP contribution in [0, 0.1) is 6.92 Å². The Labute approximate surface area is 125 Å². The Morgan fingerprint density at radius 3 is 2.67 bits per heavy atom. The van der Waals surface area contributed by atoms with Gasteiger partial charge in [0.15, 0.2) is 0 Å². The van der Waals surface area contributed by atoms with Crippen LogP contribution in [0.2, 0.25) is 0 Å². The number of hydrogen-bond acceptors (Lipinski definition) is 3. The molecule has 0 saturated heterocycles. The van der Waals surface area contributed by atoms with Gasteiger partial charge in [-0.25, -0.2) is 4.98 Å². The van der Waals surface area contributed by atoms with Gasteiger partial charge in [0.25, 0.3) is 0 Å². The van der Waals surface area contributed by atoms with Gasteiger partial charge in [-0.1, -0.05) is 0 Å². The summed E-state index contributed by atoms with van der Waals surface area (Å²) in [7, 11) is 0. The summed E-state index contributed by atoms with van der Waals surface area (Å²) in [5, 5.41) is 0. The van der Waals surface area contributed by atoms with Crippen molar-refractivity contribution in [1.82, 2.24) is 9.55 Å². The fourth-order valence-electron chi connectivity index (χ4n) is 2.90. The van der Waals surface area contributed by atoms with Crippen LogP contribution in [0.1, 0.15) is 31.8 Å². The molecule has 0 aliphatic carbocycles. The molecule has 2 heterocycles. The maximum Gasteiger partial charge on any atom is 0.119 e. The molecule has 1 aliphatic rings. The third kappa shape index (κ3) is 2.81. The minimum absolute atomic E-state index is 0.194. The molecule has 0 fully saturated rings. The number of hydrogen-bond donors (Lipinski definition) is 1. The Kier molecular flexibility index (Phi) is 3.72. The molecule has 2 aromatic rings. The highest BCUT2D eigenvalue weighted by Gasteiger charge is 2.21. The van der Waals surface area contributed by atoms with E-state index in [4.69, 9.17) is 15.5 Å². The number of rotatable bonds is 3. The zero-order valence-corrected chi connectivity index (χ0v) is 13.0. The molecule has 1 aromatic heterocycles. The molecule has 0 amide bonds. The van der Waals surface area contributed by atoms with Crippen molar-refractivity contribution in [3.63, 3.8) is 0 Å². The number of nitrogens with two attached hydrogens (primary N) is 1. The number of imidazole rings is 1. The number of aromatic nitrogens is 2. The van der Waals surface area contributed by atoms with Crippen molar-refractivity contribution in [2.24, 2.45) is 5.73 Å². The summed E-state index contributed by atoms with van der Waals surface area (Å²) in [6.45, 7) is 7.07. The largest absolute Gasteiger partial charge is 0.491 e. The van der Waals surface area contributed by atoms with Gasteiger partial charge in [-0.15, -0.1) is 0 Å². The third-order valence-electron chi connectivity index (χ3n) is 3.96. The van der Waals surface area contributed by atoms with Crippen LogP contribution in [0.3, 0.4) is 0 Å². The van der Waals surface area contributed by atoms with Crippen LogP contribution in [0.15, 0.2) is 24.3 Å². The van der Waals surface area contributed by atoms with E-state index in [1.807, 2.05) is 26.0 Å². The summed E-state index contributed by atoms with van der Waals surface area (Å²) in [5.41, 5.74) is 9.48. The fourth-order valence-corrected chi connectivity index (χ4v) is 2.90. The van der Waals surface area contributed by atoms with Crippen molar-refractivity contribution in [2.45, 2.75) is 52.3 Å². The number of aryl methyl sites for hydroxylation is 1. The first-order chi connectivity index (χ1) is 10.0. The van der Waals surface area contributed by atoms with Gasteiger partial charge in [0.2, 0.25) is 0 Å². The average Bonchev–Trinajstić information content (AvgIpc) is 2.76. The van der Waals surface area contributed by atoms with Crippen LogP contribution in [0.5, 0.6) is 5.75 Å². The molecule has 3 rings (SSSR count). The summed E-state index contributed by atoms with van der Waals surface area (Å²) in [6, 6.07) is 8.44. The topological polar surface area (TPSA) is 53.1 Å². The maximum atomic E-state index is 6.07. The van der Waals surface area contributed by atoms with Gasteiger partial charge in [0, 0.05) is 30.3 Å². The van der Waals surface area contributed by atoms with Gasteiger partial charge < -0.3 is 15.0 Å². The molecule has 1 aromatic carbocycles. The van der Waals surface area contributed by atoms with Crippen LogP contribution >= 0.6 is 0 Å². The molecule has 21 heavy (non-hydrogen) atoms. The molecule has 2 N–H and O–H groups in total. The molecule has 4 heteroatoms. The van der Waals surface area contributed by atoms with E-state index in [-0.39, 0.29) is 12.1 Å². The van der Waals surface area contributed by atoms with Gasteiger partial charge in [-0.05, 0) is 51.5 Å². The van der Waals surface area contributed by atoms with Gasteiger partial charge >= 0.3 is 0 Å². The summed E-state index contributed by atoms with van der Waals surface area (Å²) in [6.07, 6.45) is 2.19. The molecular formula is C17H23N3O. The van der Waals surface area contributed by atoms with Gasteiger partial charge in [-0.2, -0.15) is 0 Å². The van der Waals surface area contributed by atoms with Crippen LogP contribution in [-0.2, 0) is 13.0 Å². The molecule has 112 valence electrons. The maximum absolute atomic E-state index is 6.07. The quantitative estimate of drug-likeness (QED) is 0.943. The highest BCUT2D eigenvalue weighted by molar-refractivity contribution is 5.63. The van der Waals surface area contributed by atoms with E-state index >= 15 is 0 Å². The van der Waals surface area contributed by atoms with Crippen LogP contribution < -0.4 is 10.5 Å². The van der Waals surface area contributed by atoms with Crippen molar-refractivity contribution in [3.8, 4) is 17.0 Å². The second-order valence-corrected chi connectivity index (χ2v) is 6.06. The summed E-state index contributed by atoms with van der Waals surface area (Å²) in [4.78, 5) is 4.81. The Morgan fingerprint density at radius 2 is 2.00 bits per heavy atom. The molecule has 1 aliphatic heterocycles. The molecule has 0 saturated carbocycles. The Morgan fingerprint density at radius 1 is 1.29 bits per heavy atom. The highest BCUT2D eigenvalue weighted by atomic mass is 16.5. The Hall–Kier alpha value is -1.81. The van der Waals surface area contributed by atoms with E-state index in [1.54, 1.807) is 0 Å². The number of fused-ring (bicyclic) bond motifs is 1. The third-order valence-corrected chi connectivity index (χ3v) is 3.96. The van der Waals surface area contributed by atoms with Crippen molar-refractivity contribution >= 4 is 0 Å². The lowest BCUT2D eigenvalue weighted by Crippen LogP contribution is -2.32. The van der Waals surface area contributed by atoms with Gasteiger partial charge in [0.05, 0.1) is 11.8 Å². The summed E-state index contributed by atoms with van der Waals surface area (Å²) < 4.78 is 7.95. The van der Waals surface area contributed by atoms with E-state index in [1.165, 1.54) is 5.69 Å². The predicted octanol–water partition coefficient (Wildman–Crippen LogP) is 2.92. The molecule has 0 radical (unpaired) electrons. The summed E-state index contributed by atoms with van der Waals surface area (Å²) in [5.74, 6) is 2.06. The molecular weight excluding hydrogens is 262 g/mol. The standard InChI is InChI=1S/C17H23N3O/c1-11(2)21-15-7-4-13(5-8-15)17-12(3)20-10-14(18)6-9-16(20)19-17/h4-5,7-8,11,14H,6,9-10,18H2,1-3H3. The van der Waals surface area contributed by atoms with Crippen LogP contribution in [-0.4, -0.2) is 21.7 Å². The average molecular weight is 285 g/mol. The molecule has 0 spiro atoms. The zero-order valence-electron chi connectivity index (χ0n) is 13.0. The Balaban J connectivity index is 1.90. The van der Waals surface area contributed by atoms with Crippen LogP contribution in [0.25, 0.3) is 11.3 Å².